The summed E-state index contributed by atoms with van der Waals surface area (Å²) in [6, 6.07) is 24.3. The minimum Gasteiger partial charge on any atom is -0.497 e. The minimum absolute atomic E-state index is 0.257. The van der Waals surface area contributed by atoms with Crippen LogP contribution in [0.1, 0.15) is 11.1 Å². The quantitative estimate of drug-likeness (QED) is 0.321. The summed E-state index contributed by atoms with van der Waals surface area (Å²) in [7, 11) is 1.49. The first kappa shape index (κ1) is 20.7. The van der Waals surface area contributed by atoms with Crippen LogP contribution in [0.2, 0.25) is 0 Å². The number of benzene rings is 4. The van der Waals surface area contributed by atoms with Crippen molar-refractivity contribution >= 4 is 0 Å². The molecule has 4 aromatic rings. The summed E-state index contributed by atoms with van der Waals surface area (Å²) in [5, 5.41) is 0. The SMILES string of the molecule is COc1ccc(-c2ccc(CCc3ccc(-c4ccccc4)c(F)c3F)cc2)c(F)c1. The molecule has 0 radical (unpaired) electrons. The highest BCUT2D eigenvalue weighted by Gasteiger charge is 2.14. The fraction of sp³-hybridized carbons (Fsp3) is 0.111. The summed E-state index contributed by atoms with van der Waals surface area (Å²) in [5.41, 5.74) is 3.43. The predicted octanol–water partition coefficient (Wildman–Crippen LogP) is 7.23. The first-order valence-corrected chi connectivity index (χ1v) is 10.0. The van der Waals surface area contributed by atoms with Crippen LogP contribution in [0.4, 0.5) is 13.2 Å². The van der Waals surface area contributed by atoms with Gasteiger partial charge in [0.05, 0.1) is 7.11 Å². The summed E-state index contributed by atoms with van der Waals surface area (Å²) >= 11 is 0. The van der Waals surface area contributed by atoms with Gasteiger partial charge in [-0.05, 0) is 47.2 Å². The zero-order chi connectivity index (χ0) is 21.8. The molecule has 0 atom stereocenters. The summed E-state index contributed by atoms with van der Waals surface area (Å²) in [5.74, 6) is -1.53. The number of ether oxygens (including phenoxy) is 1. The molecule has 0 spiro atoms. The molecule has 0 bridgehead atoms. The molecule has 1 nitrogen and oxygen atoms in total. The van der Waals surface area contributed by atoms with Gasteiger partial charge in [0.15, 0.2) is 11.6 Å². The summed E-state index contributed by atoms with van der Waals surface area (Å²) in [4.78, 5) is 0. The second-order valence-electron chi connectivity index (χ2n) is 7.31. The van der Waals surface area contributed by atoms with E-state index in [1.165, 1.54) is 13.2 Å². The fourth-order valence-corrected chi connectivity index (χ4v) is 3.61. The lowest BCUT2D eigenvalue weighted by molar-refractivity contribution is 0.411. The van der Waals surface area contributed by atoms with Crippen molar-refractivity contribution in [1.29, 1.82) is 0 Å². The van der Waals surface area contributed by atoms with E-state index in [1.54, 1.807) is 48.5 Å². The summed E-state index contributed by atoms with van der Waals surface area (Å²) in [6.45, 7) is 0. The first-order chi connectivity index (χ1) is 15.1. The number of methoxy groups -OCH3 is 1. The molecule has 156 valence electrons. The van der Waals surface area contributed by atoms with Crippen LogP contribution in [0.5, 0.6) is 5.75 Å². The van der Waals surface area contributed by atoms with E-state index in [0.717, 1.165) is 11.1 Å². The molecule has 0 N–H and O–H groups in total. The zero-order valence-electron chi connectivity index (χ0n) is 17.0. The van der Waals surface area contributed by atoms with Gasteiger partial charge in [0.25, 0.3) is 0 Å². The third kappa shape index (κ3) is 4.48. The van der Waals surface area contributed by atoms with Crippen molar-refractivity contribution in [2.24, 2.45) is 0 Å². The lowest BCUT2D eigenvalue weighted by atomic mass is 9.97. The molecule has 0 saturated heterocycles. The molecule has 0 aromatic heterocycles. The van der Waals surface area contributed by atoms with Crippen LogP contribution in [0.15, 0.2) is 84.9 Å². The summed E-state index contributed by atoms with van der Waals surface area (Å²) in [6.07, 6.45) is 0.917. The van der Waals surface area contributed by atoms with E-state index in [4.69, 9.17) is 4.74 Å². The second-order valence-corrected chi connectivity index (χ2v) is 7.31. The Morgan fingerprint density at radius 3 is 2.00 bits per heavy atom. The highest BCUT2D eigenvalue weighted by Crippen LogP contribution is 2.28. The maximum absolute atomic E-state index is 14.6. The lowest BCUT2D eigenvalue weighted by Gasteiger charge is -2.10. The Kier molecular flexibility index (Phi) is 6.08. The van der Waals surface area contributed by atoms with Crippen LogP contribution in [0.25, 0.3) is 22.3 Å². The van der Waals surface area contributed by atoms with E-state index in [0.29, 0.717) is 35.3 Å². The minimum atomic E-state index is -0.825. The van der Waals surface area contributed by atoms with Crippen molar-refractivity contribution in [2.75, 3.05) is 7.11 Å². The average molecular weight is 418 g/mol. The van der Waals surface area contributed by atoms with Gasteiger partial charge in [-0.2, -0.15) is 0 Å². The van der Waals surface area contributed by atoms with Crippen molar-refractivity contribution < 1.29 is 17.9 Å². The maximum Gasteiger partial charge on any atom is 0.166 e. The van der Waals surface area contributed by atoms with Crippen LogP contribution in [0.3, 0.4) is 0 Å². The van der Waals surface area contributed by atoms with Crippen LogP contribution < -0.4 is 4.74 Å². The van der Waals surface area contributed by atoms with Gasteiger partial charge < -0.3 is 4.74 Å². The Labute approximate surface area is 179 Å². The monoisotopic (exact) mass is 418 g/mol. The van der Waals surface area contributed by atoms with E-state index in [1.807, 2.05) is 30.3 Å². The Morgan fingerprint density at radius 1 is 0.645 bits per heavy atom. The largest absolute Gasteiger partial charge is 0.497 e. The molecule has 0 heterocycles. The van der Waals surface area contributed by atoms with Gasteiger partial charge in [-0.3, -0.25) is 0 Å². The van der Waals surface area contributed by atoms with Gasteiger partial charge in [-0.1, -0.05) is 66.7 Å². The molecular formula is C27H21F3O. The lowest BCUT2D eigenvalue weighted by Crippen LogP contribution is -1.99. The van der Waals surface area contributed by atoms with E-state index in [-0.39, 0.29) is 11.4 Å². The first-order valence-electron chi connectivity index (χ1n) is 10.0. The third-order valence-electron chi connectivity index (χ3n) is 5.37. The molecule has 0 amide bonds. The maximum atomic E-state index is 14.6. The molecule has 4 rings (SSSR count). The number of hydrogen-bond acceptors (Lipinski definition) is 1. The molecule has 0 aliphatic heterocycles. The standard InChI is InChI=1S/C27H21F3O/c1-31-22-14-16-23(25(28)17-22)20-10-7-18(8-11-20)9-12-21-13-15-24(27(30)26(21)29)19-5-3-2-4-6-19/h2-8,10-11,13-17H,9,12H2,1H3. The van der Waals surface area contributed by atoms with E-state index < -0.39 is 11.6 Å². The highest BCUT2D eigenvalue weighted by atomic mass is 19.2. The van der Waals surface area contributed by atoms with Crippen molar-refractivity contribution in [2.45, 2.75) is 12.8 Å². The van der Waals surface area contributed by atoms with Crippen LogP contribution in [-0.2, 0) is 12.8 Å². The molecule has 0 fully saturated rings. The number of halogens is 3. The van der Waals surface area contributed by atoms with Gasteiger partial charge in [-0.25, -0.2) is 13.2 Å². The molecule has 0 unspecified atom stereocenters. The molecule has 0 aliphatic rings. The van der Waals surface area contributed by atoms with Crippen LogP contribution >= 0.6 is 0 Å². The fourth-order valence-electron chi connectivity index (χ4n) is 3.61. The Bertz CT molecular complexity index is 1190. The predicted molar refractivity (Wildman–Crippen MR) is 118 cm³/mol. The van der Waals surface area contributed by atoms with Crippen LogP contribution in [-0.4, -0.2) is 7.11 Å². The Hall–Kier alpha value is -3.53. The van der Waals surface area contributed by atoms with Gasteiger partial charge in [0.2, 0.25) is 0 Å². The number of hydrogen-bond donors (Lipinski definition) is 0. The van der Waals surface area contributed by atoms with Crippen molar-refractivity contribution in [3.8, 4) is 28.0 Å². The number of rotatable bonds is 6. The third-order valence-corrected chi connectivity index (χ3v) is 5.37. The smallest absolute Gasteiger partial charge is 0.166 e. The van der Waals surface area contributed by atoms with Gasteiger partial charge in [-0.15, -0.1) is 0 Å². The van der Waals surface area contributed by atoms with Crippen molar-refractivity contribution in [3.63, 3.8) is 0 Å². The van der Waals surface area contributed by atoms with Crippen molar-refractivity contribution in [1.82, 2.24) is 0 Å². The summed E-state index contributed by atoms with van der Waals surface area (Å²) < 4.78 is 48.5. The van der Waals surface area contributed by atoms with E-state index in [9.17, 15) is 13.2 Å². The van der Waals surface area contributed by atoms with E-state index in [2.05, 4.69) is 0 Å². The Morgan fingerprint density at radius 2 is 1.32 bits per heavy atom. The normalized spacial score (nSPS) is 10.8. The topological polar surface area (TPSA) is 9.23 Å². The average Bonchev–Trinajstić information content (AvgIpc) is 2.81. The molecular weight excluding hydrogens is 397 g/mol. The van der Waals surface area contributed by atoms with E-state index >= 15 is 0 Å². The Balaban J connectivity index is 1.48. The van der Waals surface area contributed by atoms with Crippen molar-refractivity contribution in [3.05, 3.63) is 114 Å². The van der Waals surface area contributed by atoms with Gasteiger partial charge in [0, 0.05) is 17.2 Å². The van der Waals surface area contributed by atoms with Gasteiger partial charge in [0.1, 0.15) is 11.6 Å². The number of aryl methyl sites for hydroxylation is 2. The molecule has 4 heteroatoms. The second kappa shape index (κ2) is 9.09. The molecule has 31 heavy (non-hydrogen) atoms. The van der Waals surface area contributed by atoms with Gasteiger partial charge >= 0.3 is 0 Å². The molecule has 4 aromatic carbocycles. The van der Waals surface area contributed by atoms with Crippen LogP contribution in [0, 0.1) is 17.5 Å². The molecule has 0 saturated carbocycles. The molecule has 0 aliphatic carbocycles. The highest BCUT2D eigenvalue weighted by molar-refractivity contribution is 5.66. The zero-order valence-corrected chi connectivity index (χ0v) is 17.0.